The third-order valence-corrected chi connectivity index (χ3v) is 7.41. The third-order valence-electron chi connectivity index (χ3n) is 6.34. The molecule has 0 fully saturated rings. The number of nitrogens with one attached hydrogen (secondary N) is 2. The zero-order chi connectivity index (χ0) is 28.9. The second kappa shape index (κ2) is 12.0. The molecule has 0 aliphatic carbocycles. The number of para-hydroxylation sites is 1. The molecule has 0 saturated heterocycles. The number of ether oxygens (including phenoxy) is 2. The fraction of sp³-hybridized carbons (Fsp3) is 0.0938. The van der Waals surface area contributed by atoms with Gasteiger partial charge < -0.3 is 20.1 Å². The van der Waals surface area contributed by atoms with Crippen LogP contribution in [0.25, 0.3) is 0 Å². The van der Waals surface area contributed by atoms with Gasteiger partial charge in [-0.15, -0.1) is 0 Å². The van der Waals surface area contributed by atoms with Gasteiger partial charge in [0.25, 0.3) is 17.7 Å². The Kier molecular flexibility index (Phi) is 8.07. The maximum Gasteiger partial charge on any atom is 0.283 e. The molecule has 41 heavy (non-hydrogen) atoms. The molecule has 2 N–H and O–H groups in total. The van der Waals surface area contributed by atoms with Crippen molar-refractivity contribution < 1.29 is 23.9 Å². The summed E-state index contributed by atoms with van der Waals surface area (Å²) in [5.74, 6) is -0.297. The number of carbonyl (C=O) groups excluding carboxylic acids is 3. The summed E-state index contributed by atoms with van der Waals surface area (Å²) >= 11 is 1.15. The van der Waals surface area contributed by atoms with Crippen LogP contribution in [0.5, 0.6) is 11.5 Å². The van der Waals surface area contributed by atoms with E-state index in [1.54, 1.807) is 60.7 Å². The first-order chi connectivity index (χ1) is 19.9. The van der Waals surface area contributed by atoms with Crippen LogP contribution in [-0.4, -0.2) is 31.9 Å². The van der Waals surface area contributed by atoms with Crippen LogP contribution < -0.4 is 25.0 Å². The van der Waals surface area contributed by atoms with Gasteiger partial charge in [0.1, 0.15) is 22.1 Å². The van der Waals surface area contributed by atoms with Crippen molar-refractivity contribution >= 4 is 46.5 Å². The summed E-state index contributed by atoms with van der Waals surface area (Å²) in [6, 6.07) is 28.4. The Morgan fingerprint density at radius 1 is 0.780 bits per heavy atom. The topological polar surface area (TPSA) is 97.0 Å². The molecule has 1 aliphatic rings. The van der Waals surface area contributed by atoms with Gasteiger partial charge in [0.2, 0.25) is 0 Å². The van der Waals surface area contributed by atoms with E-state index in [9.17, 15) is 14.4 Å². The number of amides is 3. The van der Waals surface area contributed by atoms with Gasteiger partial charge in [-0.2, -0.15) is 0 Å². The summed E-state index contributed by atoms with van der Waals surface area (Å²) in [6.07, 6.45) is 0. The van der Waals surface area contributed by atoms with Gasteiger partial charge in [0, 0.05) is 22.3 Å². The van der Waals surface area contributed by atoms with Crippen molar-refractivity contribution in [2.45, 2.75) is 11.8 Å². The number of methoxy groups -OCH3 is 2. The summed E-state index contributed by atoms with van der Waals surface area (Å²) in [5, 5.41) is 6.04. The Labute approximate surface area is 242 Å². The molecule has 4 aromatic rings. The molecule has 0 spiro atoms. The van der Waals surface area contributed by atoms with E-state index in [1.807, 2.05) is 43.3 Å². The number of aryl methyl sites for hydroxylation is 1. The predicted octanol–water partition coefficient (Wildman–Crippen LogP) is 6.25. The zero-order valence-electron chi connectivity index (χ0n) is 22.6. The molecular formula is C32H27N3O5S. The maximum absolute atomic E-state index is 13.6. The van der Waals surface area contributed by atoms with Crippen LogP contribution in [0.4, 0.5) is 17.1 Å². The summed E-state index contributed by atoms with van der Waals surface area (Å²) < 4.78 is 10.6. The van der Waals surface area contributed by atoms with Crippen molar-refractivity contribution in [1.29, 1.82) is 0 Å². The third kappa shape index (κ3) is 5.95. The van der Waals surface area contributed by atoms with Crippen molar-refractivity contribution in [3.63, 3.8) is 0 Å². The van der Waals surface area contributed by atoms with E-state index in [0.717, 1.165) is 17.3 Å². The minimum Gasteiger partial charge on any atom is -0.497 e. The highest BCUT2D eigenvalue weighted by atomic mass is 32.2. The lowest BCUT2D eigenvalue weighted by molar-refractivity contribution is -0.120. The summed E-state index contributed by atoms with van der Waals surface area (Å²) in [6.45, 7) is 1.97. The smallest absolute Gasteiger partial charge is 0.283 e. The standard InChI is InChI=1S/C32H27N3O5S/c1-20-12-14-21(15-13-20)33-28-29(32(38)35(31(28)37)23-9-5-4-6-10-23)41-25-11-7-8-22(18-25)34-30(36)26-17-16-24(39-2)19-27(26)40-3/h4-19,33H,1-3H3,(H,34,36). The van der Waals surface area contributed by atoms with Crippen molar-refractivity contribution in [2.75, 3.05) is 29.8 Å². The molecule has 9 heteroatoms. The van der Waals surface area contributed by atoms with Gasteiger partial charge >= 0.3 is 0 Å². The average Bonchev–Trinajstić information content (AvgIpc) is 3.22. The van der Waals surface area contributed by atoms with E-state index in [0.29, 0.717) is 39.0 Å². The lowest BCUT2D eigenvalue weighted by Gasteiger charge is -2.15. The summed E-state index contributed by atoms with van der Waals surface area (Å²) in [5.41, 5.74) is 3.29. The van der Waals surface area contributed by atoms with Gasteiger partial charge in [-0.05, 0) is 61.5 Å². The number of imide groups is 1. The fourth-order valence-electron chi connectivity index (χ4n) is 4.25. The van der Waals surface area contributed by atoms with Crippen LogP contribution in [0.3, 0.4) is 0 Å². The highest BCUT2D eigenvalue weighted by Crippen LogP contribution is 2.38. The molecule has 0 atom stereocenters. The van der Waals surface area contributed by atoms with Gasteiger partial charge in [-0.3, -0.25) is 14.4 Å². The Morgan fingerprint density at radius 3 is 2.24 bits per heavy atom. The van der Waals surface area contributed by atoms with E-state index < -0.39 is 11.8 Å². The van der Waals surface area contributed by atoms with Gasteiger partial charge in [0.15, 0.2) is 0 Å². The van der Waals surface area contributed by atoms with Crippen molar-refractivity contribution in [3.8, 4) is 11.5 Å². The molecule has 206 valence electrons. The van der Waals surface area contributed by atoms with E-state index in [4.69, 9.17) is 9.47 Å². The molecule has 0 saturated carbocycles. The first kappa shape index (κ1) is 27.5. The molecular weight excluding hydrogens is 538 g/mol. The van der Waals surface area contributed by atoms with Crippen LogP contribution in [0.15, 0.2) is 113 Å². The molecule has 1 heterocycles. The SMILES string of the molecule is COc1ccc(C(=O)Nc2cccc(SC3=C(Nc4ccc(C)cc4)C(=O)N(c4ccccc4)C3=O)c2)c(OC)c1. The molecule has 0 radical (unpaired) electrons. The Hall–Kier alpha value is -5.02. The van der Waals surface area contributed by atoms with E-state index >= 15 is 0 Å². The quantitative estimate of drug-likeness (QED) is 0.232. The first-order valence-electron chi connectivity index (χ1n) is 12.7. The van der Waals surface area contributed by atoms with Crippen molar-refractivity contribution in [3.05, 3.63) is 119 Å². The number of benzene rings is 4. The number of hydrogen-bond donors (Lipinski definition) is 2. The average molecular weight is 566 g/mol. The van der Waals surface area contributed by atoms with Crippen LogP contribution in [0, 0.1) is 6.92 Å². The number of thioether (sulfide) groups is 1. The van der Waals surface area contributed by atoms with Crippen LogP contribution in [0.2, 0.25) is 0 Å². The zero-order valence-corrected chi connectivity index (χ0v) is 23.5. The largest absolute Gasteiger partial charge is 0.497 e. The highest BCUT2D eigenvalue weighted by Gasteiger charge is 2.40. The van der Waals surface area contributed by atoms with E-state index in [1.165, 1.54) is 19.1 Å². The fourth-order valence-corrected chi connectivity index (χ4v) is 5.23. The van der Waals surface area contributed by atoms with Crippen LogP contribution >= 0.6 is 11.8 Å². The number of hydrogen-bond acceptors (Lipinski definition) is 7. The van der Waals surface area contributed by atoms with Gasteiger partial charge in [-0.1, -0.05) is 53.7 Å². The minimum atomic E-state index is -0.444. The first-order valence-corrected chi connectivity index (χ1v) is 13.5. The summed E-state index contributed by atoms with van der Waals surface area (Å²) in [7, 11) is 3.02. The van der Waals surface area contributed by atoms with Gasteiger partial charge in [0.05, 0.1) is 25.5 Å². The monoisotopic (exact) mass is 565 g/mol. The molecule has 8 nitrogen and oxygen atoms in total. The predicted molar refractivity (Wildman–Crippen MR) is 161 cm³/mol. The number of carbonyl (C=O) groups is 3. The molecule has 1 aliphatic heterocycles. The van der Waals surface area contributed by atoms with Gasteiger partial charge in [-0.25, -0.2) is 4.90 Å². The number of nitrogens with zero attached hydrogens (tertiary/aromatic N) is 1. The van der Waals surface area contributed by atoms with Crippen molar-refractivity contribution in [2.24, 2.45) is 0 Å². The lowest BCUT2D eigenvalue weighted by Crippen LogP contribution is -2.32. The van der Waals surface area contributed by atoms with Crippen LogP contribution in [0.1, 0.15) is 15.9 Å². The Balaban J connectivity index is 1.43. The van der Waals surface area contributed by atoms with Crippen LogP contribution in [-0.2, 0) is 9.59 Å². The van der Waals surface area contributed by atoms with E-state index in [-0.39, 0.29) is 16.5 Å². The second-order valence-corrected chi connectivity index (χ2v) is 10.2. The normalized spacial score (nSPS) is 12.9. The summed E-state index contributed by atoms with van der Waals surface area (Å²) in [4.78, 5) is 42.3. The molecule has 0 aromatic heterocycles. The molecule has 5 rings (SSSR count). The molecule has 0 bridgehead atoms. The lowest BCUT2D eigenvalue weighted by atomic mass is 10.1. The van der Waals surface area contributed by atoms with Crippen molar-refractivity contribution in [1.82, 2.24) is 0 Å². The molecule has 3 amide bonds. The second-order valence-electron chi connectivity index (χ2n) is 9.13. The Bertz CT molecular complexity index is 1650. The highest BCUT2D eigenvalue weighted by molar-refractivity contribution is 8.04. The minimum absolute atomic E-state index is 0.185. The molecule has 4 aromatic carbocycles. The van der Waals surface area contributed by atoms with E-state index in [2.05, 4.69) is 10.6 Å². The molecule has 0 unspecified atom stereocenters. The number of anilines is 3. The maximum atomic E-state index is 13.6. The Morgan fingerprint density at radius 2 is 1.54 bits per heavy atom. The number of rotatable bonds is 9.